The first-order valence-electron chi connectivity index (χ1n) is 11.6. The van der Waals surface area contributed by atoms with Crippen molar-refractivity contribution < 1.29 is 22.7 Å². The molecule has 1 heterocycles. The van der Waals surface area contributed by atoms with Crippen LogP contribution in [0.1, 0.15) is 16.7 Å². The molecular weight excluding hydrogens is 542 g/mol. The smallest absolute Gasteiger partial charge is 0.243 e. The van der Waals surface area contributed by atoms with E-state index in [0.29, 0.717) is 27.6 Å². The molecule has 39 heavy (non-hydrogen) atoms. The number of carbonyl (C=O) groups is 1. The molecule has 0 aliphatic carbocycles. The fraction of sp³-hybridized carbons (Fsp3) is 0.148. The van der Waals surface area contributed by atoms with Crippen LogP contribution in [0, 0.1) is 11.3 Å². The topological polar surface area (TPSA) is 135 Å². The van der Waals surface area contributed by atoms with Gasteiger partial charge in [-0.3, -0.25) is 4.79 Å². The van der Waals surface area contributed by atoms with E-state index >= 15 is 0 Å². The minimum absolute atomic E-state index is 0.00368. The van der Waals surface area contributed by atoms with Gasteiger partial charge in [-0.05, 0) is 35.9 Å². The van der Waals surface area contributed by atoms with Crippen LogP contribution in [0.2, 0.25) is 5.02 Å². The Morgan fingerprint density at radius 2 is 1.87 bits per heavy atom. The third-order valence-corrected chi connectivity index (χ3v) is 7.55. The predicted octanol–water partition coefficient (Wildman–Crippen LogP) is 4.07. The van der Waals surface area contributed by atoms with Gasteiger partial charge < -0.3 is 14.8 Å². The van der Waals surface area contributed by atoms with Crippen molar-refractivity contribution in [1.82, 2.24) is 14.5 Å². The number of rotatable bonds is 10. The molecule has 12 heteroatoms. The van der Waals surface area contributed by atoms with Gasteiger partial charge in [-0.15, -0.1) is 0 Å². The van der Waals surface area contributed by atoms with E-state index < -0.39 is 10.0 Å². The number of amides is 1. The number of hydrogen-bond donors (Lipinski definition) is 2. The Morgan fingerprint density at radius 1 is 1.08 bits per heavy atom. The largest absolute Gasteiger partial charge is 0.497 e. The number of nitrogens with one attached hydrogen (secondary N) is 2. The van der Waals surface area contributed by atoms with Crippen molar-refractivity contribution in [3.63, 3.8) is 0 Å². The van der Waals surface area contributed by atoms with Gasteiger partial charge in [0.05, 0.1) is 38.1 Å². The molecule has 0 fully saturated rings. The van der Waals surface area contributed by atoms with Gasteiger partial charge in [0.25, 0.3) is 0 Å². The Kier molecular flexibility index (Phi) is 8.51. The van der Waals surface area contributed by atoms with E-state index in [-0.39, 0.29) is 40.7 Å². The number of nitriles is 1. The second-order valence-electron chi connectivity index (χ2n) is 8.29. The summed E-state index contributed by atoms with van der Waals surface area (Å²) < 4.78 is 41.6. The van der Waals surface area contributed by atoms with Crippen molar-refractivity contribution in [2.45, 2.75) is 17.9 Å². The van der Waals surface area contributed by atoms with E-state index in [2.05, 4.69) is 15.1 Å². The van der Waals surface area contributed by atoms with Gasteiger partial charge in [-0.2, -0.15) is 10.4 Å². The van der Waals surface area contributed by atoms with Gasteiger partial charge in [0, 0.05) is 35.1 Å². The standard InChI is InChI=1S/C27H24ClN5O5S/c1-37-22-9-7-20(25(13-22)38-2)16-31-39(35,36)26-12-21(8-10-24(26)33-17-18(14-29)15-30-33)32-27(34)11-19-5-3-4-6-23(19)28/h3-10,12-13,15,17,31H,11,16H2,1-2H3,(H,32,34). The number of benzene rings is 3. The normalized spacial score (nSPS) is 11.0. The summed E-state index contributed by atoms with van der Waals surface area (Å²) in [6.45, 7) is -0.0828. The molecule has 200 valence electrons. The molecule has 4 rings (SSSR count). The maximum atomic E-state index is 13.6. The zero-order valence-corrected chi connectivity index (χ0v) is 22.6. The summed E-state index contributed by atoms with van der Waals surface area (Å²) in [6, 6.07) is 18.4. The Labute approximate surface area is 230 Å². The van der Waals surface area contributed by atoms with Crippen LogP contribution in [0.4, 0.5) is 5.69 Å². The van der Waals surface area contributed by atoms with E-state index in [1.165, 1.54) is 43.4 Å². The quantitative estimate of drug-likeness (QED) is 0.296. The van der Waals surface area contributed by atoms with Crippen molar-refractivity contribution >= 4 is 33.2 Å². The third-order valence-electron chi connectivity index (χ3n) is 5.75. The molecule has 0 saturated heterocycles. The van der Waals surface area contributed by atoms with Crippen LogP contribution in [0.15, 0.2) is 78.0 Å². The van der Waals surface area contributed by atoms with E-state index in [9.17, 15) is 18.5 Å². The third kappa shape index (κ3) is 6.56. The van der Waals surface area contributed by atoms with Gasteiger partial charge in [0.1, 0.15) is 22.5 Å². The molecule has 2 N–H and O–H groups in total. The maximum Gasteiger partial charge on any atom is 0.243 e. The Morgan fingerprint density at radius 3 is 2.56 bits per heavy atom. The molecule has 0 atom stereocenters. The highest BCUT2D eigenvalue weighted by atomic mass is 35.5. The maximum absolute atomic E-state index is 13.6. The van der Waals surface area contributed by atoms with E-state index in [4.69, 9.17) is 21.1 Å². The number of halogens is 1. The zero-order valence-electron chi connectivity index (χ0n) is 21.0. The fourth-order valence-corrected chi connectivity index (χ4v) is 5.20. The highest BCUT2D eigenvalue weighted by molar-refractivity contribution is 7.89. The number of carbonyl (C=O) groups excluding carboxylic acids is 1. The Bertz CT molecular complexity index is 1660. The lowest BCUT2D eigenvalue weighted by Gasteiger charge is -2.15. The van der Waals surface area contributed by atoms with Crippen LogP contribution in [-0.4, -0.2) is 38.3 Å². The summed E-state index contributed by atoms with van der Waals surface area (Å²) in [7, 11) is -1.16. The van der Waals surface area contributed by atoms with Gasteiger partial charge in [0.15, 0.2) is 0 Å². The van der Waals surface area contributed by atoms with Gasteiger partial charge in [-0.25, -0.2) is 17.8 Å². The lowest BCUT2D eigenvalue weighted by Crippen LogP contribution is -2.25. The summed E-state index contributed by atoms with van der Waals surface area (Å²) in [5.41, 5.74) is 1.92. The summed E-state index contributed by atoms with van der Waals surface area (Å²) in [5.74, 6) is 0.637. The second kappa shape index (κ2) is 12.0. The summed E-state index contributed by atoms with van der Waals surface area (Å²) in [5, 5.41) is 16.5. The molecule has 0 aliphatic heterocycles. The molecule has 0 spiro atoms. The fourth-order valence-electron chi connectivity index (χ4n) is 3.78. The zero-order chi connectivity index (χ0) is 28.0. The highest BCUT2D eigenvalue weighted by Gasteiger charge is 2.22. The molecule has 1 amide bonds. The first-order chi connectivity index (χ1) is 18.7. The van der Waals surface area contributed by atoms with Crippen LogP contribution < -0.4 is 19.5 Å². The van der Waals surface area contributed by atoms with Gasteiger partial charge in [0.2, 0.25) is 15.9 Å². The predicted molar refractivity (Wildman–Crippen MR) is 146 cm³/mol. The second-order valence-corrected chi connectivity index (χ2v) is 10.4. The van der Waals surface area contributed by atoms with Crippen LogP contribution >= 0.6 is 11.6 Å². The Balaban J connectivity index is 1.65. The molecule has 0 radical (unpaired) electrons. The lowest BCUT2D eigenvalue weighted by atomic mass is 10.1. The number of methoxy groups -OCH3 is 2. The number of anilines is 1. The van der Waals surface area contributed by atoms with Gasteiger partial charge in [-0.1, -0.05) is 35.9 Å². The first-order valence-corrected chi connectivity index (χ1v) is 13.4. The van der Waals surface area contributed by atoms with Crippen molar-refractivity contribution in [3.8, 4) is 23.3 Å². The van der Waals surface area contributed by atoms with Crippen LogP contribution in [0.3, 0.4) is 0 Å². The number of aromatic nitrogens is 2. The monoisotopic (exact) mass is 565 g/mol. The molecule has 10 nitrogen and oxygen atoms in total. The SMILES string of the molecule is COc1ccc(CNS(=O)(=O)c2cc(NC(=O)Cc3ccccc3Cl)ccc2-n2cc(C#N)cn2)c(OC)c1. The van der Waals surface area contributed by atoms with E-state index in [0.717, 1.165) is 0 Å². The van der Waals surface area contributed by atoms with Crippen molar-refractivity contribution in [2.24, 2.45) is 0 Å². The van der Waals surface area contributed by atoms with Crippen LogP contribution in [0.5, 0.6) is 11.5 Å². The van der Waals surface area contributed by atoms with Crippen molar-refractivity contribution in [2.75, 3.05) is 19.5 Å². The van der Waals surface area contributed by atoms with Crippen molar-refractivity contribution in [1.29, 1.82) is 5.26 Å². The highest BCUT2D eigenvalue weighted by Crippen LogP contribution is 2.27. The summed E-state index contributed by atoms with van der Waals surface area (Å²) in [4.78, 5) is 12.6. The lowest BCUT2D eigenvalue weighted by molar-refractivity contribution is -0.115. The molecule has 0 saturated carbocycles. The number of nitrogens with zero attached hydrogens (tertiary/aromatic N) is 3. The molecule has 4 aromatic rings. The molecule has 1 aromatic heterocycles. The van der Waals surface area contributed by atoms with Gasteiger partial charge >= 0.3 is 0 Å². The molecule has 0 aliphatic rings. The van der Waals surface area contributed by atoms with Crippen molar-refractivity contribution in [3.05, 3.63) is 94.8 Å². The van der Waals surface area contributed by atoms with Crippen LogP contribution in [0.25, 0.3) is 5.69 Å². The average Bonchev–Trinajstić information content (AvgIpc) is 3.42. The Hall–Kier alpha value is -4.37. The molecule has 0 unspecified atom stereocenters. The first kappa shape index (κ1) is 27.7. The minimum atomic E-state index is -4.15. The van der Waals surface area contributed by atoms with E-state index in [1.54, 1.807) is 48.5 Å². The minimum Gasteiger partial charge on any atom is -0.497 e. The number of ether oxygens (including phenoxy) is 2. The number of hydrogen-bond acceptors (Lipinski definition) is 7. The number of sulfonamides is 1. The summed E-state index contributed by atoms with van der Waals surface area (Å²) >= 11 is 6.17. The summed E-state index contributed by atoms with van der Waals surface area (Å²) in [6.07, 6.45) is 2.74. The molecular formula is C27H24ClN5O5S. The molecule has 0 bridgehead atoms. The molecule has 3 aromatic carbocycles. The van der Waals surface area contributed by atoms with E-state index in [1.807, 2.05) is 6.07 Å². The average molecular weight is 566 g/mol. The van der Waals surface area contributed by atoms with Crippen LogP contribution in [-0.2, 0) is 27.8 Å².